The van der Waals surface area contributed by atoms with Crippen molar-refractivity contribution >= 4 is 29.5 Å². The molecule has 2 aromatic carbocycles. The molecule has 4 N–H and O–H groups in total. The molecule has 10 nitrogen and oxygen atoms in total. The Bertz CT molecular complexity index is 1300. The molecule has 220 valence electrons. The number of piperidine rings is 1. The largest absolute Gasteiger partial charge is 0.352 e. The van der Waals surface area contributed by atoms with E-state index in [1.54, 1.807) is 22.9 Å². The molecule has 0 aliphatic carbocycles. The van der Waals surface area contributed by atoms with Crippen LogP contribution in [0.15, 0.2) is 42.5 Å². The molecule has 12 heteroatoms. The summed E-state index contributed by atoms with van der Waals surface area (Å²) in [5.74, 6) is -2.87. The molecule has 2 aliphatic heterocycles. The molecule has 2 aliphatic rings. The predicted molar refractivity (Wildman–Crippen MR) is 144 cm³/mol. The highest BCUT2D eigenvalue weighted by molar-refractivity contribution is 6.06. The van der Waals surface area contributed by atoms with Crippen LogP contribution in [0, 0.1) is 0 Å². The van der Waals surface area contributed by atoms with E-state index >= 15 is 0 Å². The smallest absolute Gasteiger partial charge is 0.322 e. The Hall–Kier alpha value is -4.19. The first kappa shape index (κ1) is 31.3. The number of amides is 5. The third-order valence-electron chi connectivity index (χ3n) is 6.87. The number of rotatable bonds is 10. The Kier molecular flexibility index (Phi) is 10.6. The minimum atomic E-state index is -3.65. The summed E-state index contributed by atoms with van der Waals surface area (Å²) in [7, 11) is 0. The highest BCUT2D eigenvalue weighted by atomic mass is 19.3. The van der Waals surface area contributed by atoms with E-state index in [1.807, 2.05) is 13.8 Å². The second-order valence-electron chi connectivity index (χ2n) is 9.59. The number of hydrogen-bond acceptors (Lipinski definition) is 6. The van der Waals surface area contributed by atoms with Gasteiger partial charge in [-0.15, -0.1) is 0 Å². The van der Waals surface area contributed by atoms with Gasteiger partial charge in [0.1, 0.15) is 6.04 Å². The number of nitrogens with one attached hydrogen (secondary N) is 3. The Morgan fingerprint density at radius 1 is 1.05 bits per heavy atom. The number of hydrogen-bond donors (Lipinski definition) is 4. The lowest BCUT2D eigenvalue weighted by molar-refractivity contribution is -0.137. The Morgan fingerprint density at radius 3 is 2.41 bits per heavy atom. The van der Waals surface area contributed by atoms with Crippen molar-refractivity contribution in [2.24, 2.45) is 0 Å². The van der Waals surface area contributed by atoms with Crippen LogP contribution in [0.2, 0.25) is 0 Å². The minimum absolute atomic E-state index is 0.0219. The van der Waals surface area contributed by atoms with Gasteiger partial charge in [-0.25, -0.2) is 5.48 Å². The Balaban J connectivity index is 0.00000226. The van der Waals surface area contributed by atoms with Crippen molar-refractivity contribution in [2.45, 2.75) is 77.4 Å². The molecule has 5 amide bonds. The van der Waals surface area contributed by atoms with Crippen molar-refractivity contribution in [3.05, 3.63) is 70.3 Å². The number of nitrogens with zero attached hydrogens (tertiary/aromatic N) is 1. The monoisotopic (exact) mass is 572 g/mol. The maximum atomic E-state index is 14.9. The predicted octanol–water partition coefficient (Wildman–Crippen LogP) is 3.56. The van der Waals surface area contributed by atoms with Gasteiger partial charge in [0.15, 0.2) is 0 Å². The van der Waals surface area contributed by atoms with Crippen LogP contribution in [-0.4, -0.2) is 45.7 Å². The van der Waals surface area contributed by atoms with E-state index in [0.717, 1.165) is 18.4 Å². The van der Waals surface area contributed by atoms with Crippen molar-refractivity contribution in [1.29, 1.82) is 0 Å². The topological polar surface area (TPSA) is 145 Å². The molecule has 1 atom stereocenters. The fourth-order valence-corrected chi connectivity index (χ4v) is 4.73. The number of aryl methyl sites for hydroxylation is 1. The number of fused-ring (bicyclic) bond motifs is 1. The second-order valence-corrected chi connectivity index (χ2v) is 9.59. The molecule has 4 rings (SSSR count). The molecule has 2 aromatic rings. The van der Waals surface area contributed by atoms with E-state index in [0.29, 0.717) is 18.4 Å². The maximum Gasteiger partial charge on any atom is 0.352 e. The fraction of sp³-hybridized carbons (Fsp3) is 0.414. The molecule has 0 aromatic heterocycles. The zero-order chi connectivity index (χ0) is 30.2. The average molecular weight is 573 g/mol. The molecule has 1 unspecified atom stereocenters. The molecule has 0 spiro atoms. The van der Waals surface area contributed by atoms with Gasteiger partial charge in [0.25, 0.3) is 11.8 Å². The van der Waals surface area contributed by atoms with Crippen LogP contribution < -0.4 is 16.1 Å². The summed E-state index contributed by atoms with van der Waals surface area (Å²) in [5.41, 5.74) is 2.66. The molecule has 41 heavy (non-hydrogen) atoms. The van der Waals surface area contributed by atoms with E-state index < -0.39 is 41.6 Å². The number of carbonyl (C=O) groups is 5. The number of hydroxylamine groups is 1. The second kappa shape index (κ2) is 13.9. The zero-order valence-corrected chi connectivity index (χ0v) is 23.0. The summed E-state index contributed by atoms with van der Waals surface area (Å²) in [6.45, 7) is 4.02. The third-order valence-corrected chi connectivity index (χ3v) is 6.87. The van der Waals surface area contributed by atoms with Crippen molar-refractivity contribution in [1.82, 2.24) is 21.0 Å². The molecular weight excluding hydrogens is 538 g/mol. The van der Waals surface area contributed by atoms with E-state index in [-0.39, 0.29) is 42.5 Å². The SMILES string of the molecule is CC.O=C(CCCCCc1ccc(C(F)(F)NC(=O)c2ccc3c(c2)CN(C2CCC(=O)NC2=O)C3=O)cc1)NO. The first-order valence-electron chi connectivity index (χ1n) is 13.6. The highest BCUT2D eigenvalue weighted by Gasteiger charge is 2.40. The van der Waals surface area contributed by atoms with Crippen molar-refractivity contribution in [2.75, 3.05) is 0 Å². The van der Waals surface area contributed by atoms with Crippen LogP contribution in [0.4, 0.5) is 8.78 Å². The van der Waals surface area contributed by atoms with E-state index in [9.17, 15) is 32.8 Å². The van der Waals surface area contributed by atoms with Crippen LogP contribution in [0.3, 0.4) is 0 Å². The fourth-order valence-electron chi connectivity index (χ4n) is 4.73. The number of benzene rings is 2. The van der Waals surface area contributed by atoms with Gasteiger partial charge in [-0.05, 0) is 55.0 Å². The lowest BCUT2D eigenvalue weighted by atomic mass is 10.0. The molecule has 1 saturated heterocycles. The zero-order valence-electron chi connectivity index (χ0n) is 23.0. The minimum Gasteiger partial charge on any atom is -0.322 e. The van der Waals surface area contributed by atoms with Crippen molar-refractivity contribution < 1.29 is 38.0 Å². The number of halogens is 2. The van der Waals surface area contributed by atoms with Crippen molar-refractivity contribution in [3.8, 4) is 0 Å². The molecule has 2 heterocycles. The molecule has 0 radical (unpaired) electrons. The third kappa shape index (κ3) is 7.72. The summed E-state index contributed by atoms with van der Waals surface area (Å²) in [6.07, 6.45) is 3.20. The number of alkyl halides is 2. The van der Waals surface area contributed by atoms with Gasteiger partial charge >= 0.3 is 6.05 Å². The van der Waals surface area contributed by atoms with Gasteiger partial charge in [0, 0.05) is 36.1 Å². The number of imide groups is 1. The normalized spacial score (nSPS) is 16.4. The average Bonchev–Trinajstić information content (AvgIpc) is 3.29. The van der Waals surface area contributed by atoms with Crippen LogP contribution in [-0.2, 0) is 33.4 Å². The number of carbonyl (C=O) groups excluding carboxylic acids is 5. The van der Waals surface area contributed by atoms with Crippen LogP contribution in [0.1, 0.15) is 89.8 Å². The van der Waals surface area contributed by atoms with Crippen LogP contribution >= 0.6 is 0 Å². The van der Waals surface area contributed by atoms with Crippen molar-refractivity contribution in [3.63, 3.8) is 0 Å². The number of unbranched alkanes of at least 4 members (excludes halogenated alkanes) is 2. The summed E-state index contributed by atoms with van der Waals surface area (Å²) in [6, 6.07) is 5.15. The van der Waals surface area contributed by atoms with Crippen LogP contribution in [0.5, 0.6) is 0 Å². The van der Waals surface area contributed by atoms with E-state index in [1.165, 1.54) is 35.2 Å². The maximum absolute atomic E-state index is 14.9. The van der Waals surface area contributed by atoms with E-state index in [2.05, 4.69) is 5.32 Å². The first-order chi connectivity index (χ1) is 19.6. The molecule has 0 saturated carbocycles. The van der Waals surface area contributed by atoms with Gasteiger partial charge < -0.3 is 4.90 Å². The highest BCUT2D eigenvalue weighted by Crippen LogP contribution is 2.30. The standard InChI is InChI=1S/C27H28F2N4O6.C2H6/c28-27(29,19-9-6-16(7-10-19)4-2-1-3-5-23(35)32-39)31-24(36)17-8-11-20-18(14-17)15-33(26(20)38)21-12-13-22(34)30-25(21)37;1-2/h6-11,14,21,39H,1-5,12-13,15H2,(H,31,36)(H,32,35)(H,30,34,37);1-2H3. The van der Waals surface area contributed by atoms with Gasteiger partial charge in [0.05, 0.1) is 0 Å². The van der Waals surface area contributed by atoms with Gasteiger partial charge in [-0.1, -0.05) is 44.5 Å². The van der Waals surface area contributed by atoms with Gasteiger partial charge in [-0.2, -0.15) is 8.78 Å². The lowest BCUT2D eigenvalue weighted by Gasteiger charge is -2.29. The lowest BCUT2D eigenvalue weighted by Crippen LogP contribution is -2.52. The quantitative estimate of drug-likeness (QED) is 0.113. The molecule has 1 fully saturated rings. The van der Waals surface area contributed by atoms with Crippen LogP contribution in [0.25, 0.3) is 0 Å². The van der Waals surface area contributed by atoms with Gasteiger partial charge in [0.2, 0.25) is 17.7 Å². The summed E-state index contributed by atoms with van der Waals surface area (Å²) in [4.78, 5) is 61.4. The first-order valence-corrected chi connectivity index (χ1v) is 13.6. The Labute approximate surface area is 236 Å². The summed E-state index contributed by atoms with van der Waals surface area (Å²) in [5, 5.41) is 12.4. The molecule has 0 bridgehead atoms. The van der Waals surface area contributed by atoms with E-state index in [4.69, 9.17) is 5.21 Å². The van der Waals surface area contributed by atoms with Gasteiger partial charge in [-0.3, -0.25) is 39.8 Å². The summed E-state index contributed by atoms with van der Waals surface area (Å²) < 4.78 is 29.8. The summed E-state index contributed by atoms with van der Waals surface area (Å²) >= 11 is 0. The molecular formula is C29H34F2N4O6. The Morgan fingerprint density at radius 2 is 1.76 bits per heavy atom.